The van der Waals surface area contributed by atoms with E-state index in [1.165, 1.54) is 6.07 Å². The number of benzene rings is 1. The fourth-order valence-electron chi connectivity index (χ4n) is 1.16. The number of halogens is 4. The van der Waals surface area contributed by atoms with Crippen LogP contribution in [0.2, 0.25) is 0 Å². The lowest BCUT2D eigenvalue weighted by Crippen LogP contribution is -2.06. The Kier molecular flexibility index (Phi) is 3.85. The molecule has 1 nitrogen and oxygen atoms in total. The first-order valence-corrected chi connectivity index (χ1v) is 4.91. The molecule has 0 aliphatic carbocycles. The maximum Gasteiger partial charge on any atom is 0.416 e. The van der Waals surface area contributed by atoms with E-state index in [2.05, 4.69) is 0 Å². The molecule has 0 unspecified atom stereocenters. The first-order valence-electron chi connectivity index (χ1n) is 4.38. The lowest BCUT2D eigenvalue weighted by Gasteiger charge is -2.12. The van der Waals surface area contributed by atoms with Gasteiger partial charge in [0.1, 0.15) is 5.75 Å². The Balaban J connectivity index is 3.08. The van der Waals surface area contributed by atoms with Crippen molar-refractivity contribution >= 4 is 11.6 Å². The first kappa shape index (κ1) is 12.2. The van der Waals surface area contributed by atoms with Crippen molar-refractivity contribution in [1.82, 2.24) is 0 Å². The third-order valence-corrected chi connectivity index (χ3v) is 2.12. The van der Waals surface area contributed by atoms with E-state index in [0.717, 1.165) is 12.1 Å². The van der Waals surface area contributed by atoms with Gasteiger partial charge in [0.15, 0.2) is 0 Å². The molecule has 0 bridgehead atoms. The summed E-state index contributed by atoms with van der Waals surface area (Å²) in [6.45, 7) is 2.16. The van der Waals surface area contributed by atoms with Crippen LogP contribution in [0.25, 0.3) is 0 Å². The van der Waals surface area contributed by atoms with Gasteiger partial charge in [0, 0.05) is 5.56 Å². The van der Waals surface area contributed by atoms with Crippen LogP contribution in [0, 0.1) is 0 Å². The van der Waals surface area contributed by atoms with Gasteiger partial charge in [-0.25, -0.2) is 0 Å². The molecule has 0 aliphatic heterocycles. The van der Waals surface area contributed by atoms with E-state index in [1.54, 1.807) is 6.92 Å². The van der Waals surface area contributed by atoms with Gasteiger partial charge in [0.05, 0.1) is 18.1 Å². The summed E-state index contributed by atoms with van der Waals surface area (Å²) in [5.74, 6) is 0.403. The van der Waals surface area contributed by atoms with Crippen molar-refractivity contribution in [2.45, 2.75) is 19.0 Å². The standard InChI is InChI=1S/C10H10ClF3O/c1-2-15-9-4-3-8(10(12,13)14)5-7(9)6-11/h3-5H,2,6H2,1H3. The molecule has 0 spiro atoms. The molecule has 0 heterocycles. The van der Waals surface area contributed by atoms with Crippen LogP contribution in [0.5, 0.6) is 5.75 Å². The van der Waals surface area contributed by atoms with E-state index < -0.39 is 11.7 Å². The smallest absolute Gasteiger partial charge is 0.416 e. The normalized spacial score (nSPS) is 11.5. The minimum atomic E-state index is -4.34. The second-order valence-electron chi connectivity index (χ2n) is 2.89. The van der Waals surface area contributed by atoms with E-state index in [1.807, 2.05) is 0 Å². The molecule has 5 heteroatoms. The summed E-state index contributed by atoms with van der Waals surface area (Å²) < 4.78 is 42.2. The van der Waals surface area contributed by atoms with Crippen LogP contribution >= 0.6 is 11.6 Å². The number of ether oxygens (including phenoxy) is 1. The Labute approximate surface area is 90.8 Å². The fourth-order valence-corrected chi connectivity index (χ4v) is 1.37. The van der Waals surface area contributed by atoms with E-state index in [9.17, 15) is 13.2 Å². The average molecular weight is 239 g/mol. The molecule has 0 saturated heterocycles. The van der Waals surface area contributed by atoms with E-state index in [4.69, 9.17) is 16.3 Å². The van der Waals surface area contributed by atoms with Crippen molar-refractivity contribution < 1.29 is 17.9 Å². The Morgan fingerprint density at radius 3 is 2.47 bits per heavy atom. The van der Waals surface area contributed by atoms with Gasteiger partial charge < -0.3 is 4.74 Å². The summed E-state index contributed by atoms with van der Waals surface area (Å²) in [6, 6.07) is 3.29. The van der Waals surface area contributed by atoms with Gasteiger partial charge in [-0.05, 0) is 25.1 Å². The predicted molar refractivity (Wildman–Crippen MR) is 52.2 cm³/mol. The maximum atomic E-state index is 12.3. The van der Waals surface area contributed by atoms with Crippen LogP contribution in [-0.4, -0.2) is 6.61 Å². The maximum absolute atomic E-state index is 12.3. The highest BCUT2D eigenvalue weighted by molar-refractivity contribution is 6.17. The Morgan fingerprint density at radius 1 is 1.33 bits per heavy atom. The second-order valence-corrected chi connectivity index (χ2v) is 3.15. The van der Waals surface area contributed by atoms with Crippen molar-refractivity contribution in [3.8, 4) is 5.75 Å². The molecule has 0 aliphatic rings. The van der Waals surface area contributed by atoms with Gasteiger partial charge in [0.2, 0.25) is 0 Å². The van der Waals surface area contributed by atoms with Crippen molar-refractivity contribution in [2.24, 2.45) is 0 Å². The molecule has 1 aromatic carbocycles. The molecule has 15 heavy (non-hydrogen) atoms. The van der Waals surface area contributed by atoms with Gasteiger partial charge in [-0.1, -0.05) is 0 Å². The molecule has 0 aromatic heterocycles. The number of hydrogen-bond acceptors (Lipinski definition) is 1. The summed E-state index contributed by atoms with van der Waals surface area (Å²) in [5.41, 5.74) is -0.352. The SMILES string of the molecule is CCOc1ccc(C(F)(F)F)cc1CCl. The van der Waals surface area contributed by atoms with Crippen molar-refractivity contribution in [2.75, 3.05) is 6.61 Å². The number of rotatable bonds is 3. The first-order chi connectivity index (χ1) is 6.99. The van der Waals surface area contributed by atoms with Crippen LogP contribution in [-0.2, 0) is 12.1 Å². The summed E-state index contributed by atoms with van der Waals surface area (Å²) >= 11 is 5.54. The van der Waals surface area contributed by atoms with Gasteiger partial charge in [0.25, 0.3) is 0 Å². The highest BCUT2D eigenvalue weighted by Gasteiger charge is 2.30. The fraction of sp³-hybridized carbons (Fsp3) is 0.400. The van der Waals surface area contributed by atoms with Gasteiger partial charge in [-0.15, -0.1) is 11.6 Å². The topological polar surface area (TPSA) is 9.23 Å². The van der Waals surface area contributed by atoms with E-state index in [-0.39, 0.29) is 5.88 Å². The Morgan fingerprint density at radius 2 is 2.00 bits per heavy atom. The summed E-state index contributed by atoms with van der Waals surface area (Å²) in [5, 5.41) is 0. The van der Waals surface area contributed by atoms with E-state index in [0.29, 0.717) is 17.9 Å². The molecule has 0 atom stereocenters. The zero-order chi connectivity index (χ0) is 11.5. The molecular formula is C10H10ClF3O. The van der Waals surface area contributed by atoms with Crippen LogP contribution in [0.3, 0.4) is 0 Å². The monoisotopic (exact) mass is 238 g/mol. The molecular weight excluding hydrogens is 229 g/mol. The third-order valence-electron chi connectivity index (χ3n) is 1.83. The van der Waals surface area contributed by atoms with Crippen LogP contribution in [0.1, 0.15) is 18.1 Å². The number of hydrogen-bond donors (Lipinski definition) is 0. The van der Waals surface area contributed by atoms with Crippen LogP contribution in [0.15, 0.2) is 18.2 Å². The minimum absolute atomic E-state index is 0.000741. The zero-order valence-electron chi connectivity index (χ0n) is 8.07. The Bertz CT molecular complexity index is 336. The van der Waals surface area contributed by atoms with Gasteiger partial charge >= 0.3 is 6.18 Å². The minimum Gasteiger partial charge on any atom is -0.494 e. The lowest BCUT2D eigenvalue weighted by molar-refractivity contribution is -0.137. The van der Waals surface area contributed by atoms with Crippen LogP contribution < -0.4 is 4.74 Å². The quantitative estimate of drug-likeness (QED) is 0.727. The molecule has 0 radical (unpaired) electrons. The highest BCUT2D eigenvalue weighted by atomic mass is 35.5. The third kappa shape index (κ3) is 3.02. The molecule has 0 fully saturated rings. The summed E-state index contributed by atoms with van der Waals surface area (Å²) in [7, 11) is 0. The van der Waals surface area contributed by atoms with Crippen molar-refractivity contribution in [3.63, 3.8) is 0 Å². The second kappa shape index (κ2) is 4.75. The van der Waals surface area contributed by atoms with E-state index >= 15 is 0 Å². The van der Waals surface area contributed by atoms with Crippen molar-refractivity contribution in [1.29, 1.82) is 0 Å². The highest BCUT2D eigenvalue weighted by Crippen LogP contribution is 2.33. The molecule has 0 saturated carbocycles. The lowest BCUT2D eigenvalue weighted by atomic mass is 10.1. The molecule has 84 valence electrons. The summed E-state index contributed by atoms with van der Waals surface area (Å²) in [6.07, 6.45) is -4.34. The molecule has 1 rings (SSSR count). The van der Waals surface area contributed by atoms with Crippen LogP contribution in [0.4, 0.5) is 13.2 Å². The molecule has 1 aromatic rings. The number of alkyl halides is 4. The van der Waals surface area contributed by atoms with Gasteiger partial charge in [-0.3, -0.25) is 0 Å². The Hall–Kier alpha value is -0.900. The summed E-state index contributed by atoms with van der Waals surface area (Å²) in [4.78, 5) is 0. The predicted octanol–water partition coefficient (Wildman–Crippen LogP) is 3.84. The molecule has 0 amide bonds. The molecule has 0 N–H and O–H groups in total. The van der Waals surface area contributed by atoms with Gasteiger partial charge in [-0.2, -0.15) is 13.2 Å². The average Bonchev–Trinajstić information content (AvgIpc) is 2.17. The van der Waals surface area contributed by atoms with Crippen molar-refractivity contribution in [3.05, 3.63) is 29.3 Å². The largest absolute Gasteiger partial charge is 0.494 e. The zero-order valence-corrected chi connectivity index (χ0v) is 8.82.